The van der Waals surface area contributed by atoms with Gasteiger partial charge in [-0.25, -0.2) is 0 Å². The monoisotopic (exact) mass is 322 g/mol. The SMILES string of the molecule is CC(N)C1CCCCN1C(=O)C1COc2ccc(Cl)cc2C1. The van der Waals surface area contributed by atoms with Gasteiger partial charge in [-0.15, -0.1) is 0 Å². The quantitative estimate of drug-likeness (QED) is 0.910. The van der Waals surface area contributed by atoms with Gasteiger partial charge in [0.05, 0.1) is 5.92 Å². The molecule has 2 aliphatic heterocycles. The Labute approximate surface area is 136 Å². The van der Waals surface area contributed by atoms with Crippen molar-refractivity contribution in [3.8, 4) is 5.75 Å². The average Bonchev–Trinajstić information content (AvgIpc) is 2.53. The molecule has 2 N–H and O–H groups in total. The van der Waals surface area contributed by atoms with Gasteiger partial charge < -0.3 is 15.4 Å². The lowest BCUT2D eigenvalue weighted by atomic mass is 9.91. The number of amides is 1. The number of rotatable bonds is 2. The van der Waals surface area contributed by atoms with Crippen LogP contribution in [0, 0.1) is 5.92 Å². The van der Waals surface area contributed by atoms with Crippen LogP contribution in [-0.2, 0) is 11.2 Å². The van der Waals surface area contributed by atoms with E-state index in [0.717, 1.165) is 37.1 Å². The Morgan fingerprint density at radius 3 is 3.05 bits per heavy atom. The van der Waals surface area contributed by atoms with Gasteiger partial charge >= 0.3 is 0 Å². The third-order valence-electron chi connectivity index (χ3n) is 4.72. The maximum Gasteiger partial charge on any atom is 0.229 e. The zero-order chi connectivity index (χ0) is 15.7. The number of nitrogens with zero attached hydrogens (tertiary/aromatic N) is 1. The van der Waals surface area contributed by atoms with Crippen LogP contribution in [0.1, 0.15) is 31.7 Å². The molecule has 0 aromatic heterocycles. The van der Waals surface area contributed by atoms with E-state index >= 15 is 0 Å². The number of ether oxygens (including phenoxy) is 1. The van der Waals surface area contributed by atoms with Crippen molar-refractivity contribution >= 4 is 17.5 Å². The third-order valence-corrected chi connectivity index (χ3v) is 4.95. The second-order valence-electron chi connectivity index (χ2n) is 6.42. The second kappa shape index (κ2) is 6.47. The Morgan fingerprint density at radius 1 is 1.45 bits per heavy atom. The van der Waals surface area contributed by atoms with E-state index in [4.69, 9.17) is 22.1 Å². The Kier molecular flexibility index (Phi) is 4.59. The van der Waals surface area contributed by atoms with E-state index in [1.807, 2.05) is 30.0 Å². The van der Waals surface area contributed by atoms with Gasteiger partial charge in [-0.05, 0) is 56.4 Å². The summed E-state index contributed by atoms with van der Waals surface area (Å²) in [7, 11) is 0. The standard InChI is InChI=1S/C17H23ClN2O2/c1-11(19)15-4-2-3-7-20(15)17(21)13-8-12-9-14(18)5-6-16(12)22-10-13/h5-6,9,11,13,15H,2-4,7-8,10,19H2,1H3. The van der Waals surface area contributed by atoms with Crippen molar-refractivity contribution < 1.29 is 9.53 Å². The Balaban J connectivity index is 1.75. The first-order valence-corrected chi connectivity index (χ1v) is 8.41. The number of nitrogens with two attached hydrogens (primary N) is 1. The van der Waals surface area contributed by atoms with Gasteiger partial charge in [0.1, 0.15) is 12.4 Å². The molecule has 0 spiro atoms. The molecule has 0 saturated carbocycles. The zero-order valence-electron chi connectivity index (χ0n) is 12.9. The van der Waals surface area contributed by atoms with Gasteiger partial charge in [-0.1, -0.05) is 11.6 Å². The molecule has 1 aromatic rings. The molecule has 1 amide bonds. The van der Waals surface area contributed by atoms with Crippen LogP contribution in [0.3, 0.4) is 0 Å². The summed E-state index contributed by atoms with van der Waals surface area (Å²) in [4.78, 5) is 14.9. The number of hydrogen-bond acceptors (Lipinski definition) is 3. The first kappa shape index (κ1) is 15.6. The van der Waals surface area contributed by atoms with Crippen molar-refractivity contribution in [2.75, 3.05) is 13.2 Å². The lowest BCUT2D eigenvalue weighted by Crippen LogP contribution is -2.54. The molecule has 1 fully saturated rings. The maximum absolute atomic E-state index is 12.9. The topological polar surface area (TPSA) is 55.6 Å². The summed E-state index contributed by atoms with van der Waals surface area (Å²) in [5, 5.41) is 0.682. The van der Waals surface area contributed by atoms with Gasteiger partial charge in [0, 0.05) is 23.7 Å². The molecule has 3 rings (SSSR count). The fourth-order valence-corrected chi connectivity index (χ4v) is 3.73. The summed E-state index contributed by atoms with van der Waals surface area (Å²) >= 11 is 6.05. The molecule has 1 saturated heterocycles. The number of piperidine rings is 1. The van der Waals surface area contributed by atoms with Crippen LogP contribution < -0.4 is 10.5 Å². The van der Waals surface area contributed by atoms with Crippen LogP contribution in [-0.4, -0.2) is 36.0 Å². The lowest BCUT2D eigenvalue weighted by Gasteiger charge is -2.40. The molecule has 2 heterocycles. The van der Waals surface area contributed by atoms with E-state index < -0.39 is 0 Å². The summed E-state index contributed by atoms with van der Waals surface area (Å²) < 4.78 is 5.76. The van der Waals surface area contributed by atoms with Crippen LogP contribution in [0.5, 0.6) is 5.75 Å². The number of likely N-dealkylation sites (tertiary alicyclic amines) is 1. The molecule has 4 nitrogen and oxygen atoms in total. The third kappa shape index (κ3) is 3.08. The van der Waals surface area contributed by atoms with E-state index in [9.17, 15) is 4.79 Å². The average molecular weight is 323 g/mol. The number of halogens is 1. The fourth-order valence-electron chi connectivity index (χ4n) is 3.53. The van der Waals surface area contributed by atoms with Gasteiger partial charge in [0.15, 0.2) is 0 Å². The Bertz CT molecular complexity index is 562. The van der Waals surface area contributed by atoms with Crippen molar-refractivity contribution in [1.82, 2.24) is 4.90 Å². The summed E-state index contributed by atoms with van der Waals surface area (Å²) in [6.07, 6.45) is 3.90. The molecule has 0 radical (unpaired) electrons. The highest BCUT2D eigenvalue weighted by Crippen LogP contribution is 2.31. The molecule has 1 aromatic carbocycles. The van der Waals surface area contributed by atoms with Gasteiger partial charge in [-0.2, -0.15) is 0 Å². The summed E-state index contributed by atoms with van der Waals surface area (Å²) in [6.45, 7) is 3.24. The van der Waals surface area contributed by atoms with Crippen LogP contribution in [0.2, 0.25) is 5.02 Å². The first-order valence-electron chi connectivity index (χ1n) is 8.03. The highest BCUT2D eigenvalue weighted by molar-refractivity contribution is 6.30. The van der Waals surface area contributed by atoms with Gasteiger partial charge in [0.2, 0.25) is 5.91 Å². The number of carbonyl (C=O) groups excluding carboxylic acids is 1. The van der Waals surface area contributed by atoms with Crippen LogP contribution in [0.4, 0.5) is 0 Å². The predicted molar refractivity (Wildman–Crippen MR) is 87.1 cm³/mol. The highest BCUT2D eigenvalue weighted by Gasteiger charge is 2.35. The molecule has 22 heavy (non-hydrogen) atoms. The molecule has 2 aliphatic rings. The smallest absolute Gasteiger partial charge is 0.229 e. The van der Waals surface area contributed by atoms with Crippen molar-refractivity contribution in [1.29, 1.82) is 0 Å². The zero-order valence-corrected chi connectivity index (χ0v) is 13.7. The molecule has 5 heteroatoms. The van der Waals surface area contributed by atoms with Crippen LogP contribution >= 0.6 is 11.6 Å². The number of fused-ring (bicyclic) bond motifs is 1. The van der Waals surface area contributed by atoms with Crippen LogP contribution in [0.25, 0.3) is 0 Å². The molecule has 3 unspecified atom stereocenters. The van der Waals surface area contributed by atoms with E-state index in [0.29, 0.717) is 18.1 Å². The molecule has 0 bridgehead atoms. The summed E-state index contributed by atoms with van der Waals surface area (Å²) in [6, 6.07) is 5.76. The van der Waals surface area contributed by atoms with Gasteiger partial charge in [-0.3, -0.25) is 4.79 Å². The van der Waals surface area contributed by atoms with Crippen molar-refractivity contribution in [2.45, 2.75) is 44.7 Å². The van der Waals surface area contributed by atoms with Gasteiger partial charge in [0.25, 0.3) is 0 Å². The Morgan fingerprint density at radius 2 is 2.27 bits per heavy atom. The van der Waals surface area contributed by atoms with Crippen molar-refractivity contribution in [2.24, 2.45) is 11.7 Å². The largest absolute Gasteiger partial charge is 0.492 e. The lowest BCUT2D eigenvalue weighted by molar-refractivity contribution is -0.141. The minimum Gasteiger partial charge on any atom is -0.492 e. The first-order chi connectivity index (χ1) is 10.6. The summed E-state index contributed by atoms with van der Waals surface area (Å²) in [5.41, 5.74) is 7.10. The van der Waals surface area contributed by atoms with E-state index in [1.165, 1.54) is 0 Å². The predicted octanol–water partition coefficient (Wildman–Crippen LogP) is 2.62. The highest BCUT2D eigenvalue weighted by atomic mass is 35.5. The van der Waals surface area contributed by atoms with Crippen LogP contribution in [0.15, 0.2) is 18.2 Å². The molecule has 120 valence electrons. The van der Waals surface area contributed by atoms with E-state index in [2.05, 4.69) is 0 Å². The molecule has 0 aliphatic carbocycles. The number of benzene rings is 1. The van der Waals surface area contributed by atoms with Crippen molar-refractivity contribution in [3.05, 3.63) is 28.8 Å². The molecular formula is C17H23ClN2O2. The molecular weight excluding hydrogens is 300 g/mol. The van der Waals surface area contributed by atoms with E-state index in [-0.39, 0.29) is 23.9 Å². The minimum atomic E-state index is -0.134. The maximum atomic E-state index is 12.9. The summed E-state index contributed by atoms with van der Waals surface area (Å²) in [5.74, 6) is 0.883. The molecule has 3 atom stereocenters. The Hall–Kier alpha value is -1.26. The fraction of sp³-hybridized carbons (Fsp3) is 0.588. The minimum absolute atomic E-state index is 0.00971. The van der Waals surface area contributed by atoms with E-state index in [1.54, 1.807) is 0 Å². The second-order valence-corrected chi connectivity index (χ2v) is 6.85. The number of carbonyl (C=O) groups is 1. The van der Waals surface area contributed by atoms with Crippen molar-refractivity contribution in [3.63, 3.8) is 0 Å². The number of hydrogen-bond donors (Lipinski definition) is 1. The normalized spacial score (nSPS) is 26.0.